The van der Waals surface area contributed by atoms with Crippen molar-refractivity contribution in [3.8, 4) is 5.69 Å². The lowest BCUT2D eigenvalue weighted by molar-refractivity contribution is 0.102. The molecule has 1 aliphatic rings. The number of hydrogen-bond acceptors (Lipinski definition) is 5. The van der Waals surface area contributed by atoms with Gasteiger partial charge in [-0.3, -0.25) is 4.79 Å². The Hall–Kier alpha value is -2.54. The minimum absolute atomic E-state index is 0.0303. The summed E-state index contributed by atoms with van der Waals surface area (Å²) in [6.45, 7) is 2.27. The van der Waals surface area contributed by atoms with Crippen molar-refractivity contribution in [3.63, 3.8) is 0 Å². The van der Waals surface area contributed by atoms with Crippen molar-refractivity contribution in [2.45, 2.75) is 26.2 Å². The normalized spacial score (nSPS) is 16.6. The number of aromatic nitrogens is 4. The van der Waals surface area contributed by atoms with Crippen LogP contribution in [0.1, 0.15) is 34.1 Å². The summed E-state index contributed by atoms with van der Waals surface area (Å²) >= 11 is 1.71. The van der Waals surface area contributed by atoms with Gasteiger partial charge in [-0.15, -0.1) is 16.4 Å². The highest BCUT2D eigenvalue weighted by molar-refractivity contribution is 7.10. The first-order chi connectivity index (χ1) is 11.7. The number of nitrogens with zero attached hydrogens (tertiary/aromatic N) is 4. The fourth-order valence-electron chi connectivity index (χ4n) is 3.04. The Morgan fingerprint density at radius 1 is 1.33 bits per heavy atom. The standard InChI is InChI=1S/C17H17N5OS/c1-11-2-7-14-15(9-24-16(14)8-11)17(23)19-12-3-5-13(6-4-12)22-10-18-20-21-22/h3-6,9-11H,2,7-8H2,1H3,(H,19,23)/t11-/m0/s1. The molecule has 1 aromatic carbocycles. The summed E-state index contributed by atoms with van der Waals surface area (Å²) in [5.74, 6) is 0.683. The first-order valence-corrected chi connectivity index (χ1v) is 8.82. The first kappa shape index (κ1) is 15.0. The second-order valence-corrected chi connectivity index (χ2v) is 7.12. The van der Waals surface area contributed by atoms with Crippen molar-refractivity contribution >= 4 is 22.9 Å². The van der Waals surface area contributed by atoms with Gasteiger partial charge in [-0.05, 0) is 65.4 Å². The molecule has 24 heavy (non-hydrogen) atoms. The van der Waals surface area contributed by atoms with Crippen molar-refractivity contribution < 1.29 is 4.79 Å². The molecular formula is C17H17N5OS. The van der Waals surface area contributed by atoms with E-state index in [-0.39, 0.29) is 5.91 Å². The number of nitrogens with one attached hydrogen (secondary N) is 1. The van der Waals surface area contributed by atoms with E-state index in [4.69, 9.17) is 0 Å². The number of tetrazole rings is 1. The molecule has 1 amide bonds. The lowest BCUT2D eigenvalue weighted by atomic mass is 9.88. The van der Waals surface area contributed by atoms with Gasteiger partial charge in [0.25, 0.3) is 5.91 Å². The average Bonchev–Trinajstić information content (AvgIpc) is 3.24. The minimum atomic E-state index is -0.0303. The fraction of sp³-hybridized carbons (Fsp3) is 0.294. The monoisotopic (exact) mass is 339 g/mol. The van der Waals surface area contributed by atoms with Crippen LogP contribution in [0.5, 0.6) is 0 Å². The van der Waals surface area contributed by atoms with Crippen molar-refractivity contribution in [3.05, 3.63) is 52.0 Å². The zero-order valence-corrected chi connectivity index (χ0v) is 14.1. The van der Waals surface area contributed by atoms with E-state index in [2.05, 4.69) is 27.8 Å². The molecular weight excluding hydrogens is 322 g/mol. The number of thiophene rings is 1. The Morgan fingerprint density at radius 3 is 2.92 bits per heavy atom. The Morgan fingerprint density at radius 2 is 2.17 bits per heavy atom. The lowest BCUT2D eigenvalue weighted by Crippen LogP contribution is -2.16. The van der Waals surface area contributed by atoms with Crippen molar-refractivity contribution in [2.75, 3.05) is 5.32 Å². The van der Waals surface area contributed by atoms with Gasteiger partial charge in [-0.25, -0.2) is 4.68 Å². The first-order valence-electron chi connectivity index (χ1n) is 7.94. The molecule has 1 atom stereocenters. The van der Waals surface area contributed by atoms with Gasteiger partial charge >= 0.3 is 0 Å². The summed E-state index contributed by atoms with van der Waals surface area (Å²) in [5.41, 5.74) is 3.67. The third-order valence-corrected chi connectivity index (χ3v) is 5.44. The van der Waals surface area contributed by atoms with Crippen LogP contribution in [-0.2, 0) is 12.8 Å². The van der Waals surface area contributed by atoms with Crippen LogP contribution in [0, 0.1) is 5.92 Å². The van der Waals surface area contributed by atoms with Gasteiger partial charge in [0.2, 0.25) is 0 Å². The topological polar surface area (TPSA) is 72.7 Å². The third kappa shape index (κ3) is 2.82. The molecule has 4 rings (SSSR count). The maximum atomic E-state index is 12.6. The van der Waals surface area contributed by atoms with Crippen LogP contribution in [-0.4, -0.2) is 26.1 Å². The average molecular weight is 339 g/mol. The van der Waals surface area contributed by atoms with E-state index in [1.807, 2.05) is 29.6 Å². The molecule has 7 heteroatoms. The van der Waals surface area contributed by atoms with Crippen molar-refractivity contribution in [1.29, 1.82) is 0 Å². The van der Waals surface area contributed by atoms with E-state index < -0.39 is 0 Å². The van der Waals surface area contributed by atoms with Gasteiger partial charge < -0.3 is 5.32 Å². The van der Waals surface area contributed by atoms with E-state index in [1.165, 1.54) is 16.8 Å². The number of carbonyl (C=O) groups is 1. The second-order valence-electron chi connectivity index (χ2n) is 6.15. The van der Waals surface area contributed by atoms with Crippen LogP contribution in [0.3, 0.4) is 0 Å². The molecule has 0 saturated heterocycles. The molecule has 122 valence electrons. The molecule has 0 radical (unpaired) electrons. The smallest absolute Gasteiger partial charge is 0.256 e. The maximum Gasteiger partial charge on any atom is 0.256 e. The Kier molecular flexibility index (Phi) is 3.86. The summed E-state index contributed by atoms with van der Waals surface area (Å²) in [5, 5.41) is 16.0. The van der Waals surface area contributed by atoms with Crippen molar-refractivity contribution in [2.24, 2.45) is 5.92 Å². The van der Waals surface area contributed by atoms with Gasteiger partial charge in [0.15, 0.2) is 0 Å². The van der Waals surface area contributed by atoms with Crippen LogP contribution >= 0.6 is 11.3 Å². The van der Waals surface area contributed by atoms with Crippen LogP contribution in [0.25, 0.3) is 5.69 Å². The minimum Gasteiger partial charge on any atom is -0.322 e. The Bertz CT molecular complexity index is 854. The van der Waals surface area contributed by atoms with E-state index in [0.29, 0.717) is 5.92 Å². The molecule has 2 aromatic heterocycles. The summed E-state index contributed by atoms with van der Waals surface area (Å²) in [7, 11) is 0. The highest BCUT2D eigenvalue weighted by atomic mass is 32.1. The molecule has 0 saturated carbocycles. The predicted molar refractivity (Wildman–Crippen MR) is 92.6 cm³/mol. The van der Waals surface area contributed by atoms with E-state index >= 15 is 0 Å². The molecule has 0 unspecified atom stereocenters. The van der Waals surface area contributed by atoms with Crippen LogP contribution < -0.4 is 5.32 Å². The number of benzene rings is 1. The van der Waals surface area contributed by atoms with Gasteiger partial charge in [0.1, 0.15) is 6.33 Å². The number of fused-ring (bicyclic) bond motifs is 1. The number of hydrogen-bond donors (Lipinski definition) is 1. The predicted octanol–water partition coefficient (Wildman–Crippen LogP) is 3.10. The van der Waals surface area contributed by atoms with Gasteiger partial charge in [-0.1, -0.05) is 6.92 Å². The van der Waals surface area contributed by atoms with Crippen LogP contribution in [0.15, 0.2) is 36.0 Å². The lowest BCUT2D eigenvalue weighted by Gasteiger charge is -2.18. The second kappa shape index (κ2) is 6.16. The van der Waals surface area contributed by atoms with E-state index in [0.717, 1.165) is 36.2 Å². The maximum absolute atomic E-state index is 12.6. The molecule has 0 bridgehead atoms. The highest BCUT2D eigenvalue weighted by Gasteiger charge is 2.23. The number of rotatable bonds is 3. The SMILES string of the molecule is C[C@H]1CCc2c(C(=O)Nc3ccc(-n4cnnn4)cc3)csc2C1. The number of carbonyl (C=O) groups excluding carboxylic acids is 1. The Balaban J connectivity index is 1.50. The van der Waals surface area contributed by atoms with Gasteiger partial charge in [0.05, 0.1) is 11.3 Å². The summed E-state index contributed by atoms with van der Waals surface area (Å²) < 4.78 is 1.57. The van der Waals surface area contributed by atoms with Gasteiger partial charge in [0, 0.05) is 15.9 Å². The van der Waals surface area contributed by atoms with E-state index in [9.17, 15) is 4.79 Å². The Labute approximate surface area is 143 Å². The van der Waals surface area contributed by atoms with E-state index in [1.54, 1.807) is 16.0 Å². The summed E-state index contributed by atoms with van der Waals surface area (Å²) in [4.78, 5) is 14.0. The van der Waals surface area contributed by atoms with Crippen LogP contribution in [0.4, 0.5) is 5.69 Å². The fourth-order valence-corrected chi connectivity index (χ4v) is 4.29. The quantitative estimate of drug-likeness (QED) is 0.796. The molecule has 0 aliphatic heterocycles. The summed E-state index contributed by atoms with van der Waals surface area (Å²) in [6, 6.07) is 7.46. The third-order valence-electron chi connectivity index (χ3n) is 4.39. The van der Waals surface area contributed by atoms with Gasteiger partial charge in [-0.2, -0.15) is 0 Å². The molecule has 1 N–H and O–H groups in total. The highest BCUT2D eigenvalue weighted by Crippen LogP contribution is 2.33. The largest absolute Gasteiger partial charge is 0.322 e. The molecule has 3 aromatic rings. The molecule has 1 aliphatic carbocycles. The molecule has 6 nitrogen and oxygen atoms in total. The summed E-state index contributed by atoms with van der Waals surface area (Å²) in [6.07, 6.45) is 4.78. The zero-order chi connectivity index (χ0) is 16.5. The van der Waals surface area contributed by atoms with Crippen LogP contribution in [0.2, 0.25) is 0 Å². The molecule has 0 fully saturated rings. The van der Waals surface area contributed by atoms with Crippen molar-refractivity contribution in [1.82, 2.24) is 20.2 Å². The number of anilines is 1. The molecule has 2 heterocycles. The number of amides is 1. The molecule has 0 spiro atoms. The zero-order valence-electron chi connectivity index (χ0n) is 13.3.